The Balaban J connectivity index is 3.19. The van der Waals surface area contributed by atoms with Crippen LogP contribution in [0.2, 0.25) is 0 Å². The Morgan fingerprint density at radius 2 is 2.00 bits per heavy atom. The lowest BCUT2D eigenvalue weighted by Crippen LogP contribution is -2.20. The Labute approximate surface area is 115 Å². The highest BCUT2D eigenvalue weighted by Gasteiger charge is 2.36. The molecule has 1 N–H and O–H groups in total. The minimum absolute atomic E-state index is 0.0362. The number of nitrogens with one attached hydrogen (secondary N) is 1. The summed E-state index contributed by atoms with van der Waals surface area (Å²) in [5, 5.41) is 7.74. The highest BCUT2D eigenvalue weighted by molar-refractivity contribution is 6.18. The monoisotopic (exact) mass is 293 g/mol. The molecule has 1 aromatic carbocycles. The molecule has 0 radical (unpaired) electrons. The molecule has 0 aliphatic carbocycles. The molecule has 0 amide bonds. The molecule has 6 heteroatoms. The maximum atomic E-state index is 13.0. The van der Waals surface area contributed by atoms with Gasteiger partial charge in [-0.05, 0) is 25.0 Å². The Bertz CT molecular complexity index is 434. The van der Waals surface area contributed by atoms with Crippen molar-refractivity contribution < 1.29 is 17.9 Å². The first-order valence-electron chi connectivity index (χ1n) is 5.85. The van der Waals surface area contributed by atoms with E-state index in [1.165, 1.54) is 18.2 Å². The molecule has 1 atom stereocenters. The molecule has 2 nitrogen and oxygen atoms in total. The molecule has 1 unspecified atom stereocenters. The van der Waals surface area contributed by atoms with Crippen molar-refractivity contribution in [3.05, 3.63) is 35.4 Å². The summed E-state index contributed by atoms with van der Waals surface area (Å²) in [5.41, 5.74) is -0.705. The largest absolute Gasteiger partial charge is 0.481 e. The van der Waals surface area contributed by atoms with Crippen LogP contribution in [0.25, 0.3) is 0 Å². The smallest absolute Gasteiger partial charge is 0.416 e. The lowest BCUT2D eigenvalue weighted by molar-refractivity contribution is -0.138. The second kappa shape index (κ2) is 6.80. The molecule has 1 aromatic rings. The molecule has 0 heterocycles. The van der Waals surface area contributed by atoms with Gasteiger partial charge in [-0.15, -0.1) is 11.6 Å². The van der Waals surface area contributed by atoms with Gasteiger partial charge >= 0.3 is 6.18 Å². The first kappa shape index (κ1) is 15.8. The van der Waals surface area contributed by atoms with E-state index in [0.29, 0.717) is 0 Å². The van der Waals surface area contributed by atoms with E-state index >= 15 is 0 Å². The normalized spacial score (nSPS) is 13.1. The van der Waals surface area contributed by atoms with Gasteiger partial charge in [0.2, 0.25) is 0 Å². The van der Waals surface area contributed by atoms with Gasteiger partial charge in [0.1, 0.15) is 0 Å². The number of ether oxygens (including phenoxy) is 1. The summed E-state index contributed by atoms with van der Waals surface area (Å²) < 4.78 is 43.9. The van der Waals surface area contributed by atoms with Crippen molar-refractivity contribution in [3.8, 4) is 0 Å². The Morgan fingerprint density at radius 1 is 1.37 bits per heavy atom. The lowest BCUT2D eigenvalue weighted by atomic mass is 9.91. The Hall–Kier alpha value is -1.23. The molecule has 0 aliphatic heterocycles. The standard InChI is InChI=1S/C13H15ClF3NO/c1-2-19-12(18)10(7-8-14)9-5-3-4-6-11(9)13(15,16)17/h3-6,10,18H,2,7-8H2,1H3. The number of halogens is 4. The van der Waals surface area contributed by atoms with Crippen LogP contribution < -0.4 is 0 Å². The van der Waals surface area contributed by atoms with Crippen molar-refractivity contribution in [3.63, 3.8) is 0 Å². The van der Waals surface area contributed by atoms with Crippen molar-refractivity contribution in [1.29, 1.82) is 5.41 Å². The number of rotatable bonds is 5. The van der Waals surface area contributed by atoms with E-state index < -0.39 is 17.7 Å². The van der Waals surface area contributed by atoms with E-state index in [2.05, 4.69) is 0 Å². The van der Waals surface area contributed by atoms with E-state index in [-0.39, 0.29) is 30.4 Å². The van der Waals surface area contributed by atoms with Crippen molar-refractivity contribution in [1.82, 2.24) is 0 Å². The van der Waals surface area contributed by atoms with Gasteiger partial charge in [0.05, 0.1) is 18.1 Å². The Kier molecular flexibility index (Phi) is 5.66. The third-order valence-corrected chi connectivity index (χ3v) is 2.87. The SMILES string of the molecule is CCOC(=N)C(CCCl)c1ccccc1C(F)(F)F. The van der Waals surface area contributed by atoms with Crippen molar-refractivity contribution in [2.24, 2.45) is 0 Å². The second-order valence-corrected chi connectivity index (χ2v) is 4.29. The minimum Gasteiger partial charge on any atom is -0.481 e. The van der Waals surface area contributed by atoms with Crippen LogP contribution in [-0.2, 0) is 10.9 Å². The van der Waals surface area contributed by atoms with Crippen LogP contribution in [0.15, 0.2) is 24.3 Å². The highest BCUT2D eigenvalue weighted by atomic mass is 35.5. The van der Waals surface area contributed by atoms with Gasteiger partial charge in [0.25, 0.3) is 0 Å². The summed E-state index contributed by atoms with van der Waals surface area (Å²) in [6.45, 7) is 1.92. The molecule has 1 rings (SSSR count). The number of benzene rings is 1. The minimum atomic E-state index is -4.45. The van der Waals surface area contributed by atoms with Crippen LogP contribution in [0.3, 0.4) is 0 Å². The summed E-state index contributed by atoms with van der Waals surface area (Å²) >= 11 is 5.62. The molecule has 0 fully saturated rings. The van der Waals surface area contributed by atoms with Gasteiger partial charge in [0, 0.05) is 5.88 Å². The van der Waals surface area contributed by atoms with Crippen LogP contribution in [0.4, 0.5) is 13.2 Å². The molecular weight excluding hydrogens is 279 g/mol. The van der Waals surface area contributed by atoms with E-state index in [1.807, 2.05) is 0 Å². The number of hydrogen-bond donors (Lipinski definition) is 1. The lowest BCUT2D eigenvalue weighted by Gasteiger charge is -2.21. The fourth-order valence-electron chi connectivity index (χ4n) is 1.85. The van der Waals surface area contributed by atoms with Crippen LogP contribution in [-0.4, -0.2) is 18.4 Å². The molecule has 106 valence electrons. The predicted molar refractivity (Wildman–Crippen MR) is 68.9 cm³/mol. The van der Waals surface area contributed by atoms with Gasteiger partial charge in [-0.25, -0.2) is 0 Å². The average molecular weight is 294 g/mol. The van der Waals surface area contributed by atoms with E-state index in [9.17, 15) is 13.2 Å². The van der Waals surface area contributed by atoms with Gasteiger partial charge in [-0.2, -0.15) is 13.2 Å². The maximum absolute atomic E-state index is 13.0. The fraction of sp³-hybridized carbons (Fsp3) is 0.462. The van der Waals surface area contributed by atoms with Crippen LogP contribution in [0.1, 0.15) is 30.4 Å². The van der Waals surface area contributed by atoms with Gasteiger partial charge in [0.15, 0.2) is 5.90 Å². The zero-order valence-corrected chi connectivity index (χ0v) is 11.2. The molecule has 0 spiro atoms. The maximum Gasteiger partial charge on any atom is 0.416 e. The van der Waals surface area contributed by atoms with Crippen LogP contribution in [0, 0.1) is 5.41 Å². The van der Waals surface area contributed by atoms with Gasteiger partial charge in [-0.3, -0.25) is 5.41 Å². The molecule has 0 aromatic heterocycles. The molecule has 0 bridgehead atoms. The van der Waals surface area contributed by atoms with Gasteiger partial charge < -0.3 is 4.74 Å². The fourth-order valence-corrected chi connectivity index (χ4v) is 2.07. The third kappa shape index (κ3) is 4.13. The van der Waals surface area contributed by atoms with Crippen molar-refractivity contribution in [2.75, 3.05) is 12.5 Å². The summed E-state index contributed by atoms with van der Waals surface area (Å²) in [6, 6.07) is 5.22. The van der Waals surface area contributed by atoms with E-state index in [4.69, 9.17) is 21.7 Å². The molecule has 0 saturated carbocycles. The summed E-state index contributed by atoms with van der Waals surface area (Å²) in [5.74, 6) is -0.790. The molecule has 0 saturated heterocycles. The van der Waals surface area contributed by atoms with Gasteiger partial charge in [-0.1, -0.05) is 18.2 Å². The molecule has 19 heavy (non-hydrogen) atoms. The first-order chi connectivity index (χ1) is 8.91. The van der Waals surface area contributed by atoms with E-state index in [1.54, 1.807) is 6.92 Å². The van der Waals surface area contributed by atoms with E-state index in [0.717, 1.165) is 6.07 Å². The van der Waals surface area contributed by atoms with Crippen molar-refractivity contribution >= 4 is 17.5 Å². The quantitative estimate of drug-likeness (QED) is 0.486. The highest BCUT2D eigenvalue weighted by Crippen LogP contribution is 2.36. The molecule has 0 aliphatic rings. The zero-order valence-electron chi connectivity index (χ0n) is 10.4. The first-order valence-corrected chi connectivity index (χ1v) is 6.38. The van der Waals surface area contributed by atoms with Crippen molar-refractivity contribution in [2.45, 2.75) is 25.4 Å². The summed E-state index contributed by atoms with van der Waals surface area (Å²) in [4.78, 5) is 0. The number of hydrogen-bond acceptors (Lipinski definition) is 2. The van der Waals surface area contributed by atoms with Crippen LogP contribution >= 0.6 is 11.6 Å². The third-order valence-electron chi connectivity index (χ3n) is 2.66. The topological polar surface area (TPSA) is 33.1 Å². The van der Waals surface area contributed by atoms with Crippen LogP contribution in [0.5, 0.6) is 0 Å². The molecular formula is C13H15ClF3NO. The zero-order chi connectivity index (χ0) is 14.5. The average Bonchev–Trinajstić information content (AvgIpc) is 2.35. The second-order valence-electron chi connectivity index (χ2n) is 3.91. The summed E-state index contributed by atoms with van der Waals surface area (Å²) in [6.07, 6.45) is -4.22. The Morgan fingerprint density at radius 3 is 2.53 bits per heavy atom. The summed E-state index contributed by atoms with van der Waals surface area (Å²) in [7, 11) is 0. The predicted octanol–water partition coefficient (Wildman–Crippen LogP) is 4.43. The number of alkyl halides is 4.